The van der Waals surface area contributed by atoms with Crippen LogP contribution in [-0.4, -0.2) is 0 Å². The summed E-state index contributed by atoms with van der Waals surface area (Å²) >= 11 is 10.6. The summed E-state index contributed by atoms with van der Waals surface area (Å²) in [6, 6.07) is 40.5. The van der Waals surface area contributed by atoms with Crippen LogP contribution in [0.3, 0.4) is 0 Å². The Morgan fingerprint density at radius 2 is 1.00 bits per heavy atom. The fraction of sp³-hybridized carbons (Fsp3) is 0.0400. The molecule has 4 rings (SSSR count). The molecule has 0 N–H and O–H groups in total. The summed E-state index contributed by atoms with van der Waals surface area (Å²) in [6.07, 6.45) is 0.780. The normalized spacial score (nSPS) is 12.9. The Morgan fingerprint density at radius 1 is 0.571 bits per heavy atom. The molecule has 0 saturated carbocycles. The van der Waals surface area contributed by atoms with Gasteiger partial charge in [-0.05, 0) is 0 Å². The molecule has 0 radical (unpaired) electrons. The van der Waals surface area contributed by atoms with Gasteiger partial charge in [-0.2, -0.15) is 0 Å². The van der Waals surface area contributed by atoms with Crippen LogP contribution in [0.5, 0.6) is 0 Å². The van der Waals surface area contributed by atoms with Crippen molar-refractivity contribution in [3.05, 3.63) is 124 Å². The Morgan fingerprint density at radius 3 is 1.50 bits per heavy atom. The Kier molecular flexibility index (Phi) is 5.60. The van der Waals surface area contributed by atoms with Crippen LogP contribution in [0.15, 0.2) is 115 Å². The van der Waals surface area contributed by atoms with Crippen LogP contribution in [0.2, 0.25) is 0 Å². The van der Waals surface area contributed by atoms with Crippen molar-refractivity contribution in [3.63, 3.8) is 0 Å². The van der Waals surface area contributed by atoms with Gasteiger partial charge >= 0.3 is 186 Å². The molecule has 0 bridgehead atoms. The van der Waals surface area contributed by atoms with E-state index in [4.69, 9.17) is 11.2 Å². The van der Waals surface area contributed by atoms with Crippen LogP contribution in [0.1, 0.15) is 5.56 Å². The minimum absolute atomic E-state index is 0.780. The standard InChI is InChI=1S/C25H21ClIP/c26-28(22-14-6-2-7-15-22,23-16-8-3-9-17-23,20-21-12-4-1-5-13-21)25-19-11-10-18-24(25)27/h1-19H,20H2. The fourth-order valence-electron chi connectivity index (χ4n) is 3.93. The molecule has 3 heteroatoms. The van der Waals surface area contributed by atoms with Crippen molar-refractivity contribution in [2.75, 3.05) is 0 Å². The van der Waals surface area contributed by atoms with Crippen LogP contribution in [-0.2, 0) is 6.16 Å². The van der Waals surface area contributed by atoms with Crippen molar-refractivity contribution >= 4 is 55.7 Å². The summed E-state index contributed by atoms with van der Waals surface area (Å²) in [6.45, 7) is 0. The number of rotatable bonds is 5. The first kappa shape index (κ1) is 19.6. The van der Waals surface area contributed by atoms with Gasteiger partial charge in [0.05, 0.1) is 0 Å². The summed E-state index contributed by atoms with van der Waals surface area (Å²) in [5.74, 6) is -3.26. The van der Waals surface area contributed by atoms with Gasteiger partial charge < -0.3 is 0 Å². The van der Waals surface area contributed by atoms with Gasteiger partial charge in [0.25, 0.3) is 0 Å². The zero-order chi connectivity index (χ0) is 19.5. The van der Waals surface area contributed by atoms with Gasteiger partial charge in [0, 0.05) is 0 Å². The second kappa shape index (κ2) is 7.99. The molecule has 0 nitrogen and oxygen atoms in total. The zero-order valence-electron chi connectivity index (χ0n) is 15.4. The molecule has 0 atom stereocenters. The molecule has 0 aliphatic heterocycles. The monoisotopic (exact) mass is 514 g/mol. The quantitative estimate of drug-likeness (QED) is 0.211. The maximum atomic E-state index is 8.14. The van der Waals surface area contributed by atoms with Crippen molar-refractivity contribution in [2.24, 2.45) is 0 Å². The van der Waals surface area contributed by atoms with E-state index in [2.05, 4.69) is 138 Å². The molecule has 0 heterocycles. The summed E-state index contributed by atoms with van der Waals surface area (Å²) < 4.78 is 1.21. The van der Waals surface area contributed by atoms with E-state index in [-0.39, 0.29) is 0 Å². The van der Waals surface area contributed by atoms with Gasteiger partial charge in [-0.25, -0.2) is 0 Å². The number of halogens is 2. The Hall–Kier alpha value is -1.67. The predicted molar refractivity (Wildman–Crippen MR) is 134 cm³/mol. The molecule has 140 valence electrons. The molecule has 0 aromatic heterocycles. The van der Waals surface area contributed by atoms with Crippen LogP contribution in [0.25, 0.3) is 0 Å². The molecule has 0 aliphatic carbocycles. The SMILES string of the molecule is ClP(Cc1ccccc1)(c1ccccc1)(c1ccccc1)c1ccccc1I. The molecule has 0 aliphatic rings. The Bertz CT molecular complexity index is 1030. The van der Waals surface area contributed by atoms with Crippen LogP contribution in [0.4, 0.5) is 0 Å². The van der Waals surface area contributed by atoms with Crippen LogP contribution < -0.4 is 15.9 Å². The average molecular weight is 515 g/mol. The third-order valence-corrected chi connectivity index (χ3v) is 13.8. The second-order valence-corrected chi connectivity index (χ2v) is 14.5. The third-order valence-electron chi connectivity index (χ3n) is 5.27. The van der Waals surface area contributed by atoms with E-state index in [0.717, 1.165) is 6.16 Å². The summed E-state index contributed by atoms with van der Waals surface area (Å²) in [5, 5.41) is 3.64. The average Bonchev–Trinajstić information content (AvgIpc) is 2.76. The molecular formula is C25H21ClIP. The van der Waals surface area contributed by atoms with Crippen molar-refractivity contribution in [3.8, 4) is 0 Å². The van der Waals surface area contributed by atoms with Gasteiger partial charge in [0.2, 0.25) is 0 Å². The first-order chi connectivity index (χ1) is 13.6. The Balaban J connectivity index is 2.13. The van der Waals surface area contributed by atoms with E-state index >= 15 is 0 Å². The molecule has 28 heavy (non-hydrogen) atoms. The topological polar surface area (TPSA) is 0 Å². The summed E-state index contributed by atoms with van der Waals surface area (Å²) in [7, 11) is 0. The van der Waals surface area contributed by atoms with Crippen molar-refractivity contribution < 1.29 is 0 Å². The maximum absolute atomic E-state index is 8.14. The second-order valence-electron chi connectivity index (χ2n) is 6.95. The molecule has 0 amide bonds. The van der Waals surface area contributed by atoms with Gasteiger partial charge in [-0.1, -0.05) is 0 Å². The number of hydrogen-bond donors (Lipinski definition) is 0. The van der Waals surface area contributed by atoms with E-state index in [9.17, 15) is 0 Å². The number of benzene rings is 4. The molecule has 0 spiro atoms. The van der Waals surface area contributed by atoms with Crippen molar-refractivity contribution in [2.45, 2.75) is 6.16 Å². The minimum atomic E-state index is -3.26. The third kappa shape index (κ3) is 3.30. The van der Waals surface area contributed by atoms with Gasteiger partial charge in [0.1, 0.15) is 0 Å². The zero-order valence-corrected chi connectivity index (χ0v) is 19.2. The van der Waals surface area contributed by atoms with E-state index < -0.39 is 5.96 Å². The molecule has 0 fully saturated rings. The summed E-state index contributed by atoms with van der Waals surface area (Å²) in [5.41, 5.74) is 1.25. The van der Waals surface area contributed by atoms with Gasteiger partial charge in [-0.15, -0.1) is 0 Å². The Labute approximate surface area is 185 Å². The van der Waals surface area contributed by atoms with Crippen molar-refractivity contribution in [1.29, 1.82) is 0 Å². The molecule has 0 saturated heterocycles. The summed E-state index contributed by atoms with van der Waals surface area (Å²) in [4.78, 5) is 0. The molecular weight excluding hydrogens is 494 g/mol. The van der Waals surface area contributed by atoms with E-state index in [0.29, 0.717) is 0 Å². The first-order valence-corrected chi connectivity index (χ1v) is 13.7. The molecule has 0 unspecified atom stereocenters. The van der Waals surface area contributed by atoms with Gasteiger partial charge in [0.15, 0.2) is 0 Å². The molecule has 4 aromatic carbocycles. The van der Waals surface area contributed by atoms with Gasteiger partial charge in [-0.3, -0.25) is 0 Å². The molecule has 4 aromatic rings. The van der Waals surface area contributed by atoms with Crippen LogP contribution in [0, 0.1) is 3.57 Å². The van der Waals surface area contributed by atoms with E-state index in [1.54, 1.807) is 0 Å². The van der Waals surface area contributed by atoms with E-state index in [1.165, 1.54) is 25.0 Å². The van der Waals surface area contributed by atoms with Crippen LogP contribution >= 0.6 is 39.8 Å². The predicted octanol–water partition coefficient (Wildman–Crippen LogP) is 6.47. The fourth-order valence-corrected chi connectivity index (χ4v) is 12.7. The van der Waals surface area contributed by atoms with Crippen molar-refractivity contribution in [1.82, 2.24) is 0 Å². The number of hydrogen-bond acceptors (Lipinski definition) is 0. The first-order valence-electron chi connectivity index (χ1n) is 9.26. The van der Waals surface area contributed by atoms with E-state index in [1.807, 2.05) is 0 Å².